The first-order chi connectivity index (χ1) is 20.2. The molecule has 2 aromatic heterocycles. The van der Waals surface area contributed by atoms with Gasteiger partial charge in [0.05, 0.1) is 5.69 Å². The minimum atomic E-state index is -4.26. The third kappa shape index (κ3) is 4.55. The summed E-state index contributed by atoms with van der Waals surface area (Å²) in [5.41, 5.74) is 6.12. The van der Waals surface area contributed by atoms with Crippen molar-refractivity contribution in [3.63, 3.8) is 0 Å². The molecule has 1 atom stereocenters. The van der Waals surface area contributed by atoms with Crippen LogP contribution in [0.25, 0.3) is 16.8 Å². The van der Waals surface area contributed by atoms with E-state index in [9.17, 15) is 17.6 Å². The summed E-state index contributed by atoms with van der Waals surface area (Å²) in [7, 11) is -2.79. The monoisotopic (exact) mass is 583 g/mol. The van der Waals surface area contributed by atoms with Crippen molar-refractivity contribution in [2.75, 3.05) is 7.05 Å². The van der Waals surface area contributed by atoms with Crippen molar-refractivity contribution >= 4 is 22.0 Å². The Morgan fingerprint density at radius 1 is 0.952 bits per heavy atom. The summed E-state index contributed by atoms with van der Waals surface area (Å²) in [4.78, 5) is 27.3. The fourth-order valence-electron chi connectivity index (χ4n) is 4.73. The molecule has 5 aromatic rings. The zero-order chi connectivity index (χ0) is 29.5. The van der Waals surface area contributed by atoms with Crippen LogP contribution in [0.1, 0.15) is 11.1 Å². The number of carbonyl (C=O) groups is 1. The zero-order valence-corrected chi connectivity index (χ0v) is 22.8. The average Bonchev–Trinajstić information content (AvgIpc) is 3.62. The highest BCUT2D eigenvalue weighted by Gasteiger charge is 2.50. The highest BCUT2D eigenvalue weighted by molar-refractivity contribution is 7.87. The Morgan fingerprint density at radius 2 is 1.69 bits per heavy atom. The number of rotatable bonds is 7. The number of benzene rings is 3. The van der Waals surface area contributed by atoms with Gasteiger partial charge < -0.3 is 9.92 Å². The van der Waals surface area contributed by atoms with E-state index in [0.29, 0.717) is 16.8 Å². The third-order valence-corrected chi connectivity index (χ3v) is 8.11. The van der Waals surface area contributed by atoms with Crippen LogP contribution in [-0.2, 0) is 20.5 Å². The Balaban J connectivity index is 1.40. The molecule has 0 fully saturated rings. The van der Waals surface area contributed by atoms with Crippen LogP contribution in [0, 0.1) is 5.82 Å². The number of likely N-dealkylation sites (N-methyl/N-ethyl adjacent to an activating group) is 1. The van der Waals surface area contributed by atoms with Crippen LogP contribution in [0.3, 0.4) is 0 Å². The molecule has 1 amide bonds. The second kappa shape index (κ2) is 10.2. The lowest BCUT2D eigenvalue weighted by atomic mass is 9.81. The number of guanidine groups is 1. The van der Waals surface area contributed by atoms with Crippen molar-refractivity contribution < 1.29 is 21.8 Å². The minimum absolute atomic E-state index is 0.0575. The van der Waals surface area contributed by atoms with Crippen LogP contribution >= 0.6 is 0 Å². The molecule has 1 aliphatic heterocycles. The summed E-state index contributed by atoms with van der Waals surface area (Å²) in [5.74, 6) is -1.19. The van der Waals surface area contributed by atoms with Crippen molar-refractivity contribution in [3.8, 4) is 22.6 Å². The first-order valence-electron chi connectivity index (χ1n) is 12.5. The van der Waals surface area contributed by atoms with Gasteiger partial charge in [-0.05, 0) is 65.7 Å². The van der Waals surface area contributed by atoms with Gasteiger partial charge in [0.15, 0.2) is 11.5 Å². The van der Waals surface area contributed by atoms with E-state index in [1.807, 2.05) is 0 Å². The van der Waals surface area contributed by atoms with E-state index in [1.54, 1.807) is 41.3 Å². The molecule has 1 aliphatic rings. The number of halogens is 1. The van der Waals surface area contributed by atoms with Gasteiger partial charge >= 0.3 is 10.1 Å². The number of carbonyl (C=O) groups excluding carboxylic acids is 1. The summed E-state index contributed by atoms with van der Waals surface area (Å²) in [6.07, 6.45) is 7.56. The van der Waals surface area contributed by atoms with Gasteiger partial charge in [-0.3, -0.25) is 9.69 Å². The zero-order valence-electron chi connectivity index (χ0n) is 22.0. The molecule has 0 aliphatic carbocycles. The predicted octanol–water partition coefficient (Wildman–Crippen LogP) is 3.27. The standard InChI is InChI=1S/C29H22FN7O4S/c1-36-27(38)29(35-28(36)31,21-6-11-26(30)25(15-21)19-16-32-18-33-17-19)20-4-2-5-23(14-20)41-42(39,40)24-9-7-22(8-10-24)37-13-3-12-34-37/h2-18H,1H3,(H2,31,35). The molecular formula is C29H22FN7O4S. The molecule has 210 valence electrons. The van der Waals surface area contributed by atoms with E-state index in [1.165, 1.54) is 79.2 Å². The van der Waals surface area contributed by atoms with E-state index in [-0.39, 0.29) is 27.7 Å². The van der Waals surface area contributed by atoms with E-state index in [4.69, 9.17) is 9.92 Å². The second-order valence-electron chi connectivity index (χ2n) is 9.38. The Bertz CT molecular complexity index is 1930. The van der Waals surface area contributed by atoms with Gasteiger partial charge in [0, 0.05) is 43.0 Å². The summed E-state index contributed by atoms with van der Waals surface area (Å²) < 4.78 is 48.3. The number of nitrogens with zero attached hydrogens (tertiary/aromatic N) is 6. The molecule has 6 rings (SSSR count). The van der Waals surface area contributed by atoms with Gasteiger partial charge in [0.1, 0.15) is 22.8 Å². The number of hydrogen-bond acceptors (Lipinski definition) is 9. The molecule has 0 bridgehead atoms. The molecule has 13 heteroatoms. The largest absolute Gasteiger partial charge is 0.379 e. The number of hydrogen-bond donors (Lipinski definition) is 1. The minimum Gasteiger partial charge on any atom is -0.379 e. The van der Waals surface area contributed by atoms with Crippen molar-refractivity contribution in [2.24, 2.45) is 10.7 Å². The van der Waals surface area contributed by atoms with Crippen LogP contribution in [0.15, 0.2) is 114 Å². The highest BCUT2D eigenvalue weighted by Crippen LogP contribution is 2.42. The molecule has 1 unspecified atom stereocenters. The smallest absolute Gasteiger partial charge is 0.339 e. The molecule has 2 N–H and O–H groups in total. The van der Waals surface area contributed by atoms with E-state index in [0.717, 1.165) is 0 Å². The van der Waals surface area contributed by atoms with Crippen LogP contribution < -0.4 is 9.92 Å². The first kappa shape index (κ1) is 26.8. The maximum atomic E-state index is 14.9. The SMILES string of the molecule is CN1C(=O)C(c2cccc(OS(=O)(=O)c3ccc(-n4cccn4)cc3)c2)(c2ccc(F)c(-c3cncnc3)c2)N=C1N. The van der Waals surface area contributed by atoms with Crippen molar-refractivity contribution in [2.45, 2.75) is 10.4 Å². The van der Waals surface area contributed by atoms with Gasteiger partial charge in [0.25, 0.3) is 5.91 Å². The van der Waals surface area contributed by atoms with E-state index < -0.39 is 27.4 Å². The average molecular weight is 584 g/mol. The fourth-order valence-corrected chi connectivity index (χ4v) is 5.65. The first-order valence-corrected chi connectivity index (χ1v) is 13.9. The molecule has 42 heavy (non-hydrogen) atoms. The maximum absolute atomic E-state index is 14.9. The maximum Gasteiger partial charge on any atom is 0.339 e. The van der Waals surface area contributed by atoms with E-state index >= 15 is 0 Å². The predicted molar refractivity (Wildman–Crippen MR) is 150 cm³/mol. The quantitative estimate of drug-likeness (QED) is 0.287. The Kier molecular flexibility index (Phi) is 6.50. The van der Waals surface area contributed by atoms with Crippen molar-refractivity contribution in [1.82, 2.24) is 24.6 Å². The van der Waals surface area contributed by atoms with Gasteiger partial charge in [-0.15, -0.1) is 0 Å². The van der Waals surface area contributed by atoms with Gasteiger partial charge in [-0.2, -0.15) is 13.5 Å². The van der Waals surface area contributed by atoms with Gasteiger partial charge in [-0.1, -0.05) is 18.2 Å². The highest BCUT2D eigenvalue weighted by atomic mass is 32.2. The molecule has 3 heterocycles. The summed E-state index contributed by atoms with van der Waals surface area (Å²) in [5, 5.41) is 4.13. The fraction of sp³-hybridized carbons (Fsp3) is 0.0690. The molecule has 0 radical (unpaired) electrons. The van der Waals surface area contributed by atoms with Crippen LogP contribution in [0.5, 0.6) is 5.75 Å². The van der Waals surface area contributed by atoms with E-state index in [2.05, 4.69) is 20.1 Å². The molecule has 0 saturated carbocycles. The topological polar surface area (TPSA) is 146 Å². The second-order valence-corrected chi connectivity index (χ2v) is 10.9. The summed E-state index contributed by atoms with van der Waals surface area (Å²) in [6, 6.07) is 17.9. The van der Waals surface area contributed by atoms with Crippen molar-refractivity contribution in [1.29, 1.82) is 0 Å². The lowest BCUT2D eigenvalue weighted by Gasteiger charge is -2.27. The molecular weight excluding hydrogens is 561 g/mol. The van der Waals surface area contributed by atoms with Crippen LogP contribution in [0.4, 0.5) is 4.39 Å². The molecule has 3 aromatic carbocycles. The van der Waals surface area contributed by atoms with Crippen LogP contribution in [-0.4, -0.2) is 52.0 Å². The Labute approximate surface area is 239 Å². The number of amides is 1. The number of nitrogens with two attached hydrogens (primary N) is 1. The Morgan fingerprint density at radius 3 is 2.36 bits per heavy atom. The molecule has 11 nitrogen and oxygen atoms in total. The third-order valence-electron chi connectivity index (χ3n) is 6.85. The summed E-state index contributed by atoms with van der Waals surface area (Å²) in [6.45, 7) is 0. The molecule has 0 spiro atoms. The molecule has 0 saturated heterocycles. The Hall–Kier alpha value is -5.43. The lowest BCUT2D eigenvalue weighted by molar-refractivity contribution is -0.129. The lowest BCUT2D eigenvalue weighted by Crippen LogP contribution is -2.41. The van der Waals surface area contributed by atoms with Crippen LogP contribution in [0.2, 0.25) is 0 Å². The summed E-state index contributed by atoms with van der Waals surface area (Å²) >= 11 is 0. The number of aromatic nitrogens is 4. The number of aliphatic imine (C=N–C) groups is 1. The van der Waals surface area contributed by atoms with Crippen molar-refractivity contribution in [3.05, 3.63) is 121 Å². The van der Waals surface area contributed by atoms with Gasteiger partial charge in [0.2, 0.25) is 0 Å². The van der Waals surface area contributed by atoms with Gasteiger partial charge in [-0.25, -0.2) is 24.0 Å². The normalized spacial score (nSPS) is 16.9.